The van der Waals surface area contributed by atoms with Gasteiger partial charge in [-0.1, -0.05) is 6.07 Å². The van der Waals surface area contributed by atoms with Crippen molar-refractivity contribution < 1.29 is 14.2 Å². The van der Waals surface area contributed by atoms with E-state index in [0.29, 0.717) is 25.6 Å². The zero-order valence-corrected chi connectivity index (χ0v) is 17.2. The fourth-order valence-electron chi connectivity index (χ4n) is 2.36. The lowest BCUT2D eigenvalue weighted by molar-refractivity contribution is 0.143. The molecule has 1 rings (SSSR count). The molecule has 0 radical (unpaired) electrons. The highest BCUT2D eigenvalue weighted by Crippen LogP contribution is 2.15. The lowest BCUT2D eigenvalue weighted by atomic mass is 10.3. The molecule has 0 amide bonds. The minimum absolute atomic E-state index is 0.470. The molecule has 1 aromatic rings. The van der Waals surface area contributed by atoms with Crippen molar-refractivity contribution in [3.8, 4) is 5.88 Å². The van der Waals surface area contributed by atoms with E-state index in [1.807, 2.05) is 12.1 Å². The molecule has 0 saturated carbocycles. The highest BCUT2D eigenvalue weighted by atomic mass is 16.5. The van der Waals surface area contributed by atoms with E-state index in [2.05, 4.69) is 39.5 Å². The maximum Gasteiger partial charge on any atom is 0.218 e. The summed E-state index contributed by atoms with van der Waals surface area (Å²) in [5.41, 5.74) is 0.947. The number of rotatable bonds is 14. The summed E-state index contributed by atoms with van der Waals surface area (Å²) >= 11 is 0. The molecule has 1 heterocycles. The standard InChI is InChI=1S/C19H35N5O3/c1-5-20-19(22-10-12-24(2)11-7-13-25-3)23-16-17-8-6-9-21-18(17)27-15-14-26-4/h6,8-9H,5,7,10-16H2,1-4H3,(H2,20,22,23). The van der Waals surface area contributed by atoms with Gasteiger partial charge in [0.05, 0.1) is 13.2 Å². The summed E-state index contributed by atoms with van der Waals surface area (Å²) in [4.78, 5) is 11.2. The number of methoxy groups -OCH3 is 2. The minimum atomic E-state index is 0.470. The molecule has 0 atom stereocenters. The first-order valence-electron chi connectivity index (χ1n) is 9.46. The van der Waals surface area contributed by atoms with Crippen molar-refractivity contribution in [2.75, 3.05) is 67.3 Å². The summed E-state index contributed by atoms with van der Waals surface area (Å²) in [6.45, 7) is 7.92. The predicted octanol–water partition coefficient (Wildman–Crippen LogP) is 1.13. The molecule has 8 heteroatoms. The zero-order chi connectivity index (χ0) is 19.7. The van der Waals surface area contributed by atoms with Crippen molar-refractivity contribution in [3.05, 3.63) is 23.9 Å². The number of pyridine rings is 1. The van der Waals surface area contributed by atoms with Crippen LogP contribution in [0.25, 0.3) is 0 Å². The van der Waals surface area contributed by atoms with Gasteiger partial charge in [-0.15, -0.1) is 0 Å². The average Bonchev–Trinajstić information content (AvgIpc) is 2.67. The first kappa shape index (κ1) is 23.1. The Bertz CT molecular complexity index is 528. The Kier molecular flexibility index (Phi) is 13.0. The van der Waals surface area contributed by atoms with Crippen molar-refractivity contribution in [1.82, 2.24) is 20.5 Å². The molecule has 0 saturated heterocycles. The number of likely N-dealkylation sites (N-methyl/N-ethyl adjacent to an activating group) is 1. The Morgan fingerprint density at radius 3 is 2.70 bits per heavy atom. The second-order valence-electron chi connectivity index (χ2n) is 6.08. The van der Waals surface area contributed by atoms with Gasteiger partial charge >= 0.3 is 0 Å². The third kappa shape index (κ3) is 10.7. The summed E-state index contributed by atoms with van der Waals surface area (Å²) in [6.07, 6.45) is 2.76. The van der Waals surface area contributed by atoms with Crippen molar-refractivity contribution in [2.45, 2.75) is 19.9 Å². The Labute approximate surface area is 163 Å². The second-order valence-corrected chi connectivity index (χ2v) is 6.08. The first-order chi connectivity index (χ1) is 13.2. The monoisotopic (exact) mass is 381 g/mol. The van der Waals surface area contributed by atoms with Gasteiger partial charge in [0.2, 0.25) is 5.88 Å². The molecule has 154 valence electrons. The van der Waals surface area contributed by atoms with Crippen LogP contribution in [-0.2, 0) is 16.0 Å². The van der Waals surface area contributed by atoms with Crippen LogP contribution >= 0.6 is 0 Å². The van der Waals surface area contributed by atoms with E-state index in [0.717, 1.165) is 50.7 Å². The fourth-order valence-corrected chi connectivity index (χ4v) is 2.36. The van der Waals surface area contributed by atoms with Crippen molar-refractivity contribution in [1.29, 1.82) is 0 Å². The van der Waals surface area contributed by atoms with Gasteiger partial charge in [-0.25, -0.2) is 9.98 Å². The Morgan fingerprint density at radius 1 is 1.15 bits per heavy atom. The van der Waals surface area contributed by atoms with E-state index >= 15 is 0 Å². The quantitative estimate of drug-likeness (QED) is 0.284. The van der Waals surface area contributed by atoms with Crippen LogP contribution in [0, 0.1) is 0 Å². The van der Waals surface area contributed by atoms with Gasteiger partial charge in [-0.05, 0) is 26.5 Å². The maximum atomic E-state index is 5.67. The maximum absolute atomic E-state index is 5.67. The molecular weight excluding hydrogens is 346 g/mol. The third-order valence-corrected chi connectivity index (χ3v) is 3.80. The SMILES string of the molecule is CCNC(=NCc1cccnc1OCCOC)NCCN(C)CCCOC. The number of aromatic nitrogens is 1. The molecule has 0 bridgehead atoms. The van der Waals surface area contributed by atoms with Crippen molar-refractivity contribution >= 4 is 5.96 Å². The summed E-state index contributed by atoms with van der Waals surface area (Å²) in [5.74, 6) is 1.39. The lowest BCUT2D eigenvalue weighted by Gasteiger charge is -2.18. The molecule has 0 aliphatic carbocycles. The van der Waals surface area contributed by atoms with Gasteiger partial charge in [-0.2, -0.15) is 0 Å². The summed E-state index contributed by atoms with van der Waals surface area (Å²) in [7, 11) is 5.49. The molecule has 0 fully saturated rings. The van der Waals surface area contributed by atoms with Crippen LogP contribution in [0.15, 0.2) is 23.3 Å². The fraction of sp³-hybridized carbons (Fsp3) is 0.684. The normalized spacial score (nSPS) is 11.7. The van der Waals surface area contributed by atoms with Gasteiger partial charge < -0.3 is 29.7 Å². The molecular formula is C19H35N5O3. The summed E-state index contributed by atoms with van der Waals surface area (Å²) in [6, 6.07) is 3.87. The topological polar surface area (TPSA) is 80.2 Å². The molecule has 0 spiro atoms. The van der Waals surface area contributed by atoms with Gasteiger partial charge in [0.1, 0.15) is 6.61 Å². The van der Waals surface area contributed by atoms with Gasteiger partial charge in [-0.3, -0.25) is 0 Å². The molecule has 0 aliphatic heterocycles. The highest BCUT2D eigenvalue weighted by Gasteiger charge is 2.05. The molecule has 1 aromatic heterocycles. The molecule has 2 N–H and O–H groups in total. The number of hydrogen-bond donors (Lipinski definition) is 2. The largest absolute Gasteiger partial charge is 0.475 e. The predicted molar refractivity (Wildman–Crippen MR) is 108 cm³/mol. The first-order valence-corrected chi connectivity index (χ1v) is 9.46. The average molecular weight is 382 g/mol. The molecule has 0 unspecified atom stereocenters. The van der Waals surface area contributed by atoms with E-state index in [9.17, 15) is 0 Å². The van der Waals surface area contributed by atoms with Gasteiger partial charge in [0.15, 0.2) is 5.96 Å². The zero-order valence-electron chi connectivity index (χ0n) is 17.2. The van der Waals surface area contributed by atoms with E-state index in [1.165, 1.54) is 0 Å². The van der Waals surface area contributed by atoms with Crippen LogP contribution in [0.1, 0.15) is 18.9 Å². The minimum Gasteiger partial charge on any atom is -0.475 e. The van der Waals surface area contributed by atoms with Crippen LogP contribution in [0.3, 0.4) is 0 Å². The smallest absolute Gasteiger partial charge is 0.218 e. The number of nitrogens with one attached hydrogen (secondary N) is 2. The number of ether oxygens (including phenoxy) is 3. The lowest BCUT2D eigenvalue weighted by Crippen LogP contribution is -2.41. The van der Waals surface area contributed by atoms with E-state index < -0.39 is 0 Å². The van der Waals surface area contributed by atoms with Crippen molar-refractivity contribution in [2.24, 2.45) is 4.99 Å². The third-order valence-electron chi connectivity index (χ3n) is 3.80. The van der Waals surface area contributed by atoms with Crippen LogP contribution < -0.4 is 15.4 Å². The number of hydrogen-bond acceptors (Lipinski definition) is 6. The second kappa shape index (κ2) is 15.2. The van der Waals surface area contributed by atoms with Crippen LogP contribution in [0.2, 0.25) is 0 Å². The molecule has 27 heavy (non-hydrogen) atoms. The van der Waals surface area contributed by atoms with Crippen LogP contribution in [-0.4, -0.2) is 83.1 Å². The van der Waals surface area contributed by atoms with Gasteiger partial charge in [0, 0.05) is 58.8 Å². The number of nitrogens with zero attached hydrogens (tertiary/aromatic N) is 3. The van der Waals surface area contributed by atoms with Crippen LogP contribution in [0.4, 0.5) is 0 Å². The Balaban J connectivity index is 2.51. The van der Waals surface area contributed by atoms with Gasteiger partial charge in [0.25, 0.3) is 0 Å². The molecule has 0 aromatic carbocycles. The molecule has 0 aliphatic rings. The number of aliphatic imine (C=N–C) groups is 1. The Hall–Kier alpha value is -1.90. The van der Waals surface area contributed by atoms with E-state index in [4.69, 9.17) is 14.2 Å². The summed E-state index contributed by atoms with van der Waals surface area (Å²) in [5, 5.41) is 6.64. The Morgan fingerprint density at radius 2 is 1.96 bits per heavy atom. The molecule has 8 nitrogen and oxygen atoms in total. The van der Waals surface area contributed by atoms with Crippen LogP contribution in [0.5, 0.6) is 5.88 Å². The van der Waals surface area contributed by atoms with Crippen molar-refractivity contribution in [3.63, 3.8) is 0 Å². The highest BCUT2D eigenvalue weighted by molar-refractivity contribution is 5.79. The van der Waals surface area contributed by atoms with E-state index in [1.54, 1.807) is 20.4 Å². The number of guanidine groups is 1. The van der Waals surface area contributed by atoms with E-state index in [-0.39, 0.29) is 0 Å². The summed E-state index contributed by atoms with van der Waals surface area (Å²) < 4.78 is 15.8.